The van der Waals surface area contributed by atoms with Gasteiger partial charge in [0.25, 0.3) is 0 Å². The van der Waals surface area contributed by atoms with Gasteiger partial charge in [0.2, 0.25) is 5.91 Å². The van der Waals surface area contributed by atoms with Crippen LogP contribution in [0.3, 0.4) is 0 Å². The third-order valence-corrected chi connectivity index (χ3v) is 3.49. The van der Waals surface area contributed by atoms with Gasteiger partial charge in [-0.2, -0.15) is 0 Å². The van der Waals surface area contributed by atoms with Crippen molar-refractivity contribution in [3.63, 3.8) is 0 Å². The minimum Gasteiger partial charge on any atom is -0.397 e. The number of nitrogens with one attached hydrogen (secondary N) is 1. The van der Waals surface area contributed by atoms with Gasteiger partial charge in [-0.15, -0.1) is 0 Å². The fraction of sp³-hybridized carbons (Fsp3) is 0.562. The molecule has 0 spiro atoms. The van der Waals surface area contributed by atoms with Crippen molar-refractivity contribution in [3.8, 4) is 0 Å². The molecule has 0 saturated heterocycles. The van der Waals surface area contributed by atoms with E-state index < -0.39 is 0 Å². The van der Waals surface area contributed by atoms with E-state index in [0.29, 0.717) is 24.0 Å². The third-order valence-electron chi connectivity index (χ3n) is 3.49. The second-order valence-electron chi connectivity index (χ2n) is 5.81. The van der Waals surface area contributed by atoms with Gasteiger partial charge in [0, 0.05) is 12.6 Å². The van der Waals surface area contributed by atoms with Gasteiger partial charge >= 0.3 is 0 Å². The van der Waals surface area contributed by atoms with Gasteiger partial charge in [-0.05, 0) is 52.2 Å². The predicted octanol–water partition coefficient (Wildman–Crippen LogP) is 1.79. The second-order valence-corrected chi connectivity index (χ2v) is 5.81. The molecule has 1 amide bonds. The van der Waals surface area contributed by atoms with Crippen molar-refractivity contribution in [2.24, 2.45) is 0 Å². The highest BCUT2D eigenvalue weighted by Gasteiger charge is 2.16. The first-order chi connectivity index (χ1) is 9.83. The molecule has 0 fully saturated rings. The number of hydrogen-bond acceptors (Lipinski definition) is 4. The third kappa shape index (κ3) is 5.73. The van der Waals surface area contributed by atoms with Gasteiger partial charge in [0.1, 0.15) is 0 Å². The van der Waals surface area contributed by atoms with Crippen molar-refractivity contribution in [1.29, 1.82) is 0 Å². The first kappa shape index (κ1) is 17.5. The van der Waals surface area contributed by atoms with Gasteiger partial charge in [-0.25, -0.2) is 0 Å². The molecule has 1 unspecified atom stereocenters. The molecule has 0 bridgehead atoms. The molecular formula is C16H28N4O. The molecule has 0 aliphatic rings. The summed E-state index contributed by atoms with van der Waals surface area (Å²) in [5, 5.41) is 2.89. The number of rotatable bonds is 7. The highest BCUT2D eigenvalue weighted by molar-refractivity contribution is 5.95. The Kier molecular flexibility index (Phi) is 6.65. The quantitative estimate of drug-likeness (QED) is 0.752. The summed E-state index contributed by atoms with van der Waals surface area (Å²) in [6.45, 7) is 8.32. The zero-order chi connectivity index (χ0) is 16.0. The minimum atomic E-state index is -0.0296. The zero-order valence-corrected chi connectivity index (χ0v) is 13.8. The van der Waals surface area contributed by atoms with E-state index in [1.165, 1.54) is 0 Å². The predicted molar refractivity (Wildman–Crippen MR) is 89.5 cm³/mol. The Morgan fingerprint density at radius 1 is 1.38 bits per heavy atom. The molecule has 1 atom stereocenters. The maximum Gasteiger partial charge on any atom is 0.238 e. The summed E-state index contributed by atoms with van der Waals surface area (Å²) in [6, 6.07) is 5.98. The summed E-state index contributed by atoms with van der Waals surface area (Å²) in [7, 11) is 4.08. The highest BCUT2D eigenvalue weighted by Crippen LogP contribution is 2.19. The summed E-state index contributed by atoms with van der Waals surface area (Å²) in [5.41, 5.74) is 8.29. The Bertz CT molecular complexity index is 473. The number of nitrogen functional groups attached to an aromatic ring is 1. The zero-order valence-electron chi connectivity index (χ0n) is 13.8. The average molecular weight is 292 g/mol. The molecule has 1 rings (SSSR count). The lowest BCUT2D eigenvalue weighted by atomic mass is 10.2. The number of benzene rings is 1. The number of likely N-dealkylation sites (N-methyl/N-ethyl adjacent to an activating group) is 2. The molecule has 0 aliphatic heterocycles. The van der Waals surface area contributed by atoms with Crippen LogP contribution in [0, 0.1) is 6.92 Å². The van der Waals surface area contributed by atoms with Gasteiger partial charge in [-0.1, -0.05) is 13.0 Å². The number of aryl methyl sites for hydroxylation is 1. The summed E-state index contributed by atoms with van der Waals surface area (Å²) < 4.78 is 0. The van der Waals surface area contributed by atoms with Crippen LogP contribution in [0.25, 0.3) is 0 Å². The van der Waals surface area contributed by atoms with Crippen molar-refractivity contribution in [2.75, 3.05) is 44.8 Å². The van der Waals surface area contributed by atoms with Crippen LogP contribution >= 0.6 is 0 Å². The van der Waals surface area contributed by atoms with Gasteiger partial charge < -0.3 is 16.0 Å². The molecule has 0 saturated carbocycles. The van der Waals surface area contributed by atoms with E-state index >= 15 is 0 Å². The Labute approximate surface area is 128 Å². The molecule has 3 N–H and O–H groups in total. The Morgan fingerprint density at radius 2 is 2.05 bits per heavy atom. The number of nitrogens with zero attached hydrogens (tertiary/aromatic N) is 2. The van der Waals surface area contributed by atoms with Crippen molar-refractivity contribution < 1.29 is 4.79 Å². The Morgan fingerprint density at radius 3 is 2.57 bits per heavy atom. The van der Waals surface area contributed by atoms with E-state index in [9.17, 15) is 4.79 Å². The lowest BCUT2D eigenvalue weighted by Crippen LogP contribution is -2.43. The number of carbonyl (C=O) groups excluding carboxylic acids is 1. The average Bonchev–Trinajstić information content (AvgIpc) is 2.38. The van der Waals surface area contributed by atoms with Gasteiger partial charge in [0.15, 0.2) is 0 Å². The molecule has 21 heavy (non-hydrogen) atoms. The molecule has 0 aromatic heterocycles. The van der Waals surface area contributed by atoms with E-state index in [-0.39, 0.29) is 5.91 Å². The summed E-state index contributed by atoms with van der Waals surface area (Å²) in [6.07, 6.45) is 0. The largest absolute Gasteiger partial charge is 0.397 e. The molecule has 5 nitrogen and oxygen atoms in total. The Hall–Kier alpha value is -1.59. The van der Waals surface area contributed by atoms with Crippen LogP contribution in [0.4, 0.5) is 11.4 Å². The first-order valence-corrected chi connectivity index (χ1v) is 7.38. The van der Waals surface area contributed by atoms with Crippen LogP contribution in [0.5, 0.6) is 0 Å². The normalized spacial score (nSPS) is 12.7. The van der Waals surface area contributed by atoms with Crippen molar-refractivity contribution >= 4 is 17.3 Å². The van der Waals surface area contributed by atoms with Crippen LogP contribution in [-0.4, -0.2) is 55.5 Å². The molecule has 1 aromatic carbocycles. The van der Waals surface area contributed by atoms with Crippen molar-refractivity contribution in [1.82, 2.24) is 9.80 Å². The molecule has 1 aromatic rings. The number of nitrogens with two attached hydrogens (primary N) is 1. The van der Waals surface area contributed by atoms with Gasteiger partial charge in [-0.3, -0.25) is 9.69 Å². The topological polar surface area (TPSA) is 61.6 Å². The lowest BCUT2D eigenvalue weighted by molar-refractivity contribution is -0.117. The van der Waals surface area contributed by atoms with E-state index in [2.05, 4.69) is 29.0 Å². The second kappa shape index (κ2) is 8.00. The minimum absolute atomic E-state index is 0.0296. The van der Waals surface area contributed by atoms with Crippen molar-refractivity contribution in [3.05, 3.63) is 23.8 Å². The maximum absolute atomic E-state index is 12.2. The van der Waals surface area contributed by atoms with E-state index in [1.54, 1.807) is 0 Å². The Balaban J connectivity index is 2.62. The first-order valence-electron chi connectivity index (χ1n) is 7.38. The molecule has 0 heterocycles. The SMILES string of the molecule is CCN(CC(=O)Nc1ccc(C)cc1N)C(C)CN(C)C. The number of hydrogen-bond donors (Lipinski definition) is 2. The summed E-state index contributed by atoms with van der Waals surface area (Å²) >= 11 is 0. The fourth-order valence-corrected chi connectivity index (χ4v) is 2.39. The van der Waals surface area contributed by atoms with Crippen LogP contribution in [0.15, 0.2) is 18.2 Å². The molecule has 5 heteroatoms. The van der Waals surface area contributed by atoms with Crippen LogP contribution in [-0.2, 0) is 4.79 Å². The molecule has 0 radical (unpaired) electrons. The molecule has 0 aliphatic carbocycles. The van der Waals surface area contributed by atoms with Gasteiger partial charge in [0.05, 0.1) is 17.9 Å². The lowest BCUT2D eigenvalue weighted by Gasteiger charge is -2.29. The number of carbonyl (C=O) groups is 1. The van der Waals surface area contributed by atoms with E-state index in [0.717, 1.165) is 18.7 Å². The highest BCUT2D eigenvalue weighted by atomic mass is 16.2. The monoisotopic (exact) mass is 292 g/mol. The van der Waals surface area contributed by atoms with Crippen molar-refractivity contribution in [2.45, 2.75) is 26.8 Å². The summed E-state index contributed by atoms with van der Waals surface area (Å²) in [5.74, 6) is -0.0296. The number of anilines is 2. The fourth-order valence-electron chi connectivity index (χ4n) is 2.39. The van der Waals surface area contributed by atoms with Crippen LogP contribution < -0.4 is 11.1 Å². The molecular weight excluding hydrogens is 264 g/mol. The van der Waals surface area contributed by atoms with Crippen LogP contribution in [0.2, 0.25) is 0 Å². The smallest absolute Gasteiger partial charge is 0.238 e. The standard InChI is InChI=1S/C16H28N4O/c1-6-20(13(3)10-19(4)5)11-16(21)18-15-8-7-12(2)9-14(15)17/h7-9,13H,6,10-11,17H2,1-5H3,(H,18,21). The van der Waals surface area contributed by atoms with E-state index in [4.69, 9.17) is 5.73 Å². The number of amides is 1. The maximum atomic E-state index is 12.2. The molecule has 118 valence electrons. The van der Waals surface area contributed by atoms with E-state index in [1.807, 2.05) is 39.2 Å². The summed E-state index contributed by atoms with van der Waals surface area (Å²) in [4.78, 5) is 16.5. The van der Waals surface area contributed by atoms with Crippen LogP contribution in [0.1, 0.15) is 19.4 Å².